The van der Waals surface area contributed by atoms with Crippen LogP contribution in [0.15, 0.2) is 24.3 Å². The molecule has 4 N–H and O–H groups in total. The van der Waals surface area contributed by atoms with Crippen LogP contribution in [0.4, 0.5) is 0 Å². The fourth-order valence-electron chi connectivity index (χ4n) is 0.913. The highest BCUT2D eigenvalue weighted by Crippen LogP contribution is 2.06. The third kappa shape index (κ3) is 5.14. The molecule has 90 valence electrons. The molecule has 0 saturated carbocycles. The maximum absolute atomic E-state index is 10.7. The highest BCUT2D eigenvalue weighted by atomic mass is 16.2. The van der Waals surface area contributed by atoms with Crippen LogP contribution in [0.3, 0.4) is 0 Å². The number of hydrogen-bond donors (Lipinski definition) is 2. The zero-order valence-electron chi connectivity index (χ0n) is 10.3. The molecule has 0 aromatic heterocycles. The molecule has 0 fully saturated rings. The van der Waals surface area contributed by atoms with Gasteiger partial charge in [0.25, 0.3) is 0 Å². The maximum atomic E-state index is 10.7. The van der Waals surface area contributed by atoms with E-state index in [0.717, 1.165) is 0 Å². The molecule has 4 nitrogen and oxygen atoms in total. The summed E-state index contributed by atoms with van der Waals surface area (Å²) in [6.45, 7) is 8.00. The molecule has 0 unspecified atom stereocenters. The van der Waals surface area contributed by atoms with Gasteiger partial charge in [-0.15, -0.1) is 0 Å². The number of rotatable bonds is 2. The lowest BCUT2D eigenvalue weighted by Crippen LogP contribution is -2.20. The Hall–Kier alpha value is -1.84. The lowest BCUT2D eigenvalue weighted by atomic mass is 10.1. The topological polar surface area (TPSA) is 86.2 Å². The predicted molar refractivity (Wildman–Crippen MR) is 66.2 cm³/mol. The second kappa shape index (κ2) is 9.71. The Morgan fingerprint density at radius 2 is 1.06 bits per heavy atom. The second-order valence-electron chi connectivity index (χ2n) is 2.27. The Morgan fingerprint density at radius 3 is 1.25 bits per heavy atom. The quantitative estimate of drug-likeness (QED) is 0.804. The average molecular weight is 224 g/mol. The van der Waals surface area contributed by atoms with E-state index < -0.39 is 11.8 Å². The molecule has 2 amide bonds. The van der Waals surface area contributed by atoms with Gasteiger partial charge in [0, 0.05) is 0 Å². The number of hydrogen-bond acceptors (Lipinski definition) is 2. The van der Waals surface area contributed by atoms with Crippen molar-refractivity contribution in [3.8, 4) is 0 Å². The lowest BCUT2D eigenvalue weighted by molar-refractivity contribution is 0.0967. The highest BCUT2D eigenvalue weighted by Gasteiger charge is 2.10. The summed E-state index contributed by atoms with van der Waals surface area (Å²) >= 11 is 0. The standard InChI is InChI=1S/C8H8N2O2.2C2H6/c9-7(11)5-3-1-2-4-6(5)8(10)12;2*1-2/h1-4H,(H2,9,11)(H2,10,12);2*1-2H3. The van der Waals surface area contributed by atoms with Crippen molar-refractivity contribution in [2.75, 3.05) is 0 Å². The van der Waals surface area contributed by atoms with Crippen LogP contribution in [0, 0.1) is 0 Å². The van der Waals surface area contributed by atoms with Crippen molar-refractivity contribution in [1.29, 1.82) is 0 Å². The van der Waals surface area contributed by atoms with Gasteiger partial charge in [0.15, 0.2) is 0 Å². The summed E-state index contributed by atoms with van der Waals surface area (Å²) < 4.78 is 0. The van der Waals surface area contributed by atoms with Crippen molar-refractivity contribution < 1.29 is 9.59 Å². The SMILES string of the molecule is CC.CC.NC(=O)c1ccccc1C(N)=O. The first-order valence-corrected chi connectivity index (χ1v) is 5.31. The molecule has 0 aliphatic heterocycles. The minimum absolute atomic E-state index is 0.157. The highest BCUT2D eigenvalue weighted by molar-refractivity contribution is 6.06. The number of carbonyl (C=O) groups is 2. The van der Waals surface area contributed by atoms with Gasteiger partial charge in [-0.05, 0) is 12.1 Å². The summed E-state index contributed by atoms with van der Waals surface area (Å²) in [6, 6.07) is 6.16. The molecule has 0 radical (unpaired) electrons. The van der Waals surface area contributed by atoms with Crippen molar-refractivity contribution in [2.45, 2.75) is 27.7 Å². The normalized spacial score (nSPS) is 7.75. The third-order valence-corrected chi connectivity index (χ3v) is 1.46. The Balaban J connectivity index is 0. The van der Waals surface area contributed by atoms with Crippen LogP contribution in [-0.2, 0) is 0 Å². The summed E-state index contributed by atoms with van der Waals surface area (Å²) in [7, 11) is 0. The average Bonchev–Trinajstić information content (AvgIpc) is 2.34. The Morgan fingerprint density at radius 1 is 0.812 bits per heavy atom. The molecule has 16 heavy (non-hydrogen) atoms. The number of nitrogens with two attached hydrogens (primary N) is 2. The maximum Gasteiger partial charge on any atom is 0.249 e. The Bertz CT molecular complexity index is 303. The minimum Gasteiger partial charge on any atom is -0.366 e. The molecule has 0 heterocycles. The van der Waals surface area contributed by atoms with Gasteiger partial charge in [0.1, 0.15) is 0 Å². The molecular weight excluding hydrogens is 204 g/mol. The smallest absolute Gasteiger partial charge is 0.249 e. The van der Waals surface area contributed by atoms with Crippen LogP contribution in [0.1, 0.15) is 48.4 Å². The Labute approximate surface area is 96.6 Å². The molecule has 1 aromatic carbocycles. The van der Waals surface area contributed by atoms with Gasteiger partial charge in [-0.2, -0.15) is 0 Å². The fraction of sp³-hybridized carbons (Fsp3) is 0.333. The molecule has 0 saturated heterocycles. The molecule has 0 atom stereocenters. The third-order valence-electron chi connectivity index (χ3n) is 1.46. The molecule has 0 bridgehead atoms. The summed E-state index contributed by atoms with van der Waals surface area (Å²) in [4.78, 5) is 21.5. The van der Waals surface area contributed by atoms with Crippen LogP contribution in [0.5, 0.6) is 0 Å². The minimum atomic E-state index is -0.649. The summed E-state index contributed by atoms with van der Waals surface area (Å²) in [6.07, 6.45) is 0. The number of primary amides is 2. The predicted octanol–water partition coefficient (Wildman–Crippen LogP) is 1.94. The van der Waals surface area contributed by atoms with E-state index in [-0.39, 0.29) is 11.1 Å². The molecular formula is C12H20N2O2. The van der Waals surface area contributed by atoms with Crippen LogP contribution in [0.25, 0.3) is 0 Å². The second-order valence-corrected chi connectivity index (χ2v) is 2.27. The van der Waals surface area contributed by atoms with E-state index in [2.05, 4.69) is 0 Å². The van der Waals surface area contributed by atoms with E-state index >= 15 is 0 Å². The van der Waals surface area contributed by atoms with Gasteiger partial charge in [0.2, 0.25) is 11.8 Å². The summed E-state index contributed by atoms with van der Waals surface area (Å²) in [5.74, 6) is -1.30. The van der Waals surface area contributed by atoms with Gasteiger partial charge >= 0.3 is 0 Å². The van der Waals surface area contributed by atoms with Crippen molar-refractivity contribution in [3.05, 3.63) is 35.4 Å². The number of benzene rings is 1. The Kier molecular flexibility index (Phi) is 10.1. The molecule has 0 aliphatic carbocycles. The fourth-order valence-corrected chi connectivity index (χ4v) is 0.913. The van der Waals surface area contributed by atoms with Gasteiger partial charge in [-0.1, -0.05) is 39.8 Å². The van der Waals surface area contributed by atoms with Crippen molar-refractivity contribution in [3.63, 3.8) is 0 Å². The number of carbonyl (C=O) groups excluding carboxylic acids is 2. The van der Waals surface area contributed by atoms with Crippen LogP contribution >= 0.6 is 0 Å². The van der Waals surface area contributed by atoms with Crippen molar-refractivity contribution >= 4 is 11.8 Å². The molecule has 0 spiro atoms. The zero-order valence-corrected chi connectivity index (χ0v) is 10.3. The van der Waals surface area contributed by atoms with Crippen LogP contribution in [0.2, 0.25) is 0 Å². The summed E-state index contributed by atoms with van der Waals surface area (Å²) in [5, 5.41) is 0. The van der Waals surface area contributed by atoms with E-state index in [4.69, 9.17) is 11.5 Å². The van der Waals surface area contributed by atoms with Crippen molar-refractivity contribution in [2.24, 2.45) is 11.5 Å². The first-order chi connectivity index (χ1) is 7.63. The van der Waals surface area contributed by atoms with Gasteiger partial charge in [-0.25, -0.2) is 0 Å². The first-order valence-electron chi connectivity index (χ1n) is 5.31. The molecule has 4 heteroatoms. The van der Waals surface area contributed by atoms with E-state index in [1.807, 2.05) is 27.7 Å². The first kappa shape index (κ1) is 16.6. The van der Waals surface area contributed by atoms with Gasteiger partial charge in [-0.3, -0.25) is 9.59 Å². The molecule has 1 aromatic rings. The summed E-state index contributed by atoms with van der Waals surface area (Å²) in [5.41, 5.74) is 10.3. The van der Waals surface area contributed by atoms with E-state index in [1.165, 1.54) is 12.1 Å². The largest absolute Gasteiger partial charge is 0.366 e. The van der Waals surface area contributed by atoms with Crippen LogP contribution < -0.4 is 11.5 Å². The molecule has 1 rings (SSSR count). The van der Waals surface area contributed by atoms with Gasteiger partial charge in [0.05, 0.1) is 11.1 Å². The zero-order chi connectivity index (χ0) is 13.1. The lowest BCUT2D eigenvalue weighted by Gasteiger charge is -2.00. The van der Waals surface area contributed by atoms with E-state index in [0.29, 0.717) is 0 Å². The van der Waals surface area contributed by atoms with Gasteiger partial charge < -0.3 is 11.5 Å². The van der Waals surface area contributed by atoms with E-state index in [9.17, 15) is 9.59 Å². The van der Waals surface area contributed by atoms with Crippen LogP contribution in [-0.4, -0.2) is 11.8 Å². The van der Waals surface area contributed by atoms with Crippen molar-refractivity contribution in [1.82, 2.24) is 0 Å². The number of amides is 2. The van der Waals surface area contributed by atoms with E-state index in [1.54, 1.807) is 12.1 Å². The monoisotopic (exact) mass is 224 g/mol. The molecule has 0 aliphatic rings.